The van der Waals surface area contributed by atoms with Gasteiger partial charge in [0.05, 0.1) is 6.42 Å². The van der Waals surface area contributed by atoms with Crippen LogP contribution < -0.4 is 20.7 Å². The summed E-state index contributed by atoms with van der Waals surface area (Å²) in [5.41, 5.74) is -2.85. The lowest BCUT2D eigenvalue weighted by molar-refractivity contribution is -0.173. The van der Waals surface area contributed by atoms with E-state index in [-0.39, 0.29) is 39.0 Å². The lowest BCUT2D eigenvalue weighted by Gasteiger charge is -2.43. The van der Waals surface area contributed by atoms with E-state index in [4.69, 9.17) is 0 Å². The fourth-order valence-corrected chi connectivity index (χ4v) is 4.44. The molecule has 1 aromatic rings. The second-order valence-corrected chi connectivity index (χ2v) is 8.68. The first-order chi connectivity index (χ1) is 18.0. The fraction of sp³-hybridized carbons (Fsp3) is 0.609. The van der Waals surface area contributed by atoms with Crippen LogP contribution in [0.5, 0.6) is 5.75 Å². The molecule has 1 heterocycles. The minimum Gasteiger partial charge on any atom is -0.481 e. The maximum absolute atomic E-state index is 14.4. The average molecular weight is 555 g/mol. The number of nitrogens with one attached hydrogen (secondary N) is 3. The highest BCUT2D eigenvalue weighted by molar-refractivity contribution is 6.05. The van der Waals surface area contributed by atoms with Crippen LogP contribution in [0.25, 0.3) is 0 Å². The molecular weight excluding hydrogens is 523 g/mol. The number of nitrogens with zero attached hydrogens (tertiary/aromatic N) is 1. The van der Waals surface area contributed by atoms with Crippen LogP contribution in [-0.2, 0) is 14.4 Å². The monoisotopic (exact) mass is 554 g/mol. The molecule has 1 aromatic carbocycles. The molecule has 38 heavy (non-hydrogen) atoms. The molecule has 2 atom stereocenters. The molecule has 0 amide bonds. The number of benzene rings is 1. The molecule has 0 saturated carbocycles. The fourth-order valence-electron chi connectivity index (χ4n) is 4.44. The van der Waals surface area contributed by atoms with Crippen molar-refractivity contribution in [3.8, 4) is 5.75 Å². The molecule has 15 heteroatoms. The first kappa shape index (κ1) is 31.3. The highest BCUT2D eigenvalue weighted by Gasteiger charge is 2.58. The van der Waals surface area contributed by atoms with Crippen molar-refractivity contribution in [2.75, 3.05) is 52.4 Å². The van der Waals surface area contributed by atoms with E-state index in [1.54, 1.807) is 6.92 Å². The standard InChI is InChI=1S/C23H31F5N4O6/c1-2-3-13(12-14(33)34)23(21(35)36,32-10-8-30-6-4-29-5-7-31-9-11-32)22(37)38-20-18(27)16(25)15(24)17(26)19(20)28/h13,29-31H,2-12H2,1H3,(H,33,34)(H,35,36). The Morgan fingerprint density at radius 3 is 1.71 bits per heavy atom. The second-order valence-electron chi connectivity index (χ2n) is 8.68. The van der Waals surface area contributed by atoms with Crippen molar-refractivity contribution in [1.82, 2.24) is 20.9 Å². The van der Waals surface area contributed by atoms with E-state index in [1.165, 1.54) is 0 Å². The molecule has 1 aliphatic rings. The van der Waals surface area contributed by atoms with E-state index in [0.717, 1.165) is 4.90 Å². The molecule has 1 fully saturated rings. The molecule has 1 saturated heterocycles. The van der Waals surface area contributed by atoms with Crippen molar-refractivity contribution in [2.45, 2.75) is 31.7 Å². The smallest absolute Gasteiger partial charge is 0.344 e. The molecule has 0 bridgehead atoms. The van der Waals surface area contributed by atoms with Crippen molar-refractivity contribution in [3.05, 3.63) is 29.1 Å². The lowest BCUT2D eigenvalue weighted by atomic mass is 9.77. The number of halogens is 5. The predicted molar refractivity (Wildman–Crippen MR) is 123 cm³/mol. The predicted octanol–water partition coefficient (Wildman–Crippen LogP) is 1.09. The van der Waals surface area contributed by atoms with Crippen molar-refractivity contribution in [1.29, 1.82) is 0 Å². The van der Waals surface area contributed by atoms with Crippen LogP contribution in [0.2, 0.25) is 0 Å². The SMILES string of the molecule is CCCC(CC(=O)O)C(C(=O)O)(C(=O)Oc1c(F)c(F)c(F)c(F)c1F)N1CCNCCNCCNCC1. The van der Waals surface area contributed by atoms with Crippen LogP contribution in [0.4, 0.5) is 22.0 Å². The van der Waals surface area contributed by atoms with Gasteiger partial charge in [0.25, 0.3) is 0 Å². The zero-order valence-corrected chi connectivity index (χ0v) is 20.7. The molecule has 5 N–H and O–H groups in total. The van der Waals surface area contributed by atoms with Crippen molar-refractivity contribution in [2.24, 2.45) is 5.92 Å². The van der Waals surface area contributed by atoms with E-state index in [1.807, 2.05) is 0 Å². The van der Waals surface area contributed by atoms with E-state index in [0.29, 0.717) is 26.2 Å². The third-order valence-electron chi connectivity index (χ3n) is 6.22. The Labute approximate surface area is 215 Å². The largest absolute Gasteiger partial charge is 0.481 e. The van der Waals surface area contributed by atoms with Gasteiger partial charge in [-0.3, -0.25) is 9.69 Å². The van der Waals surface area contributed by atoms with Crippen LogP contribution in [0.1, 0.15) is 26.2 Å². The summed E-state index contributed by atoms with van der Waals surface area (Å²) in [6, 6.07) is 0. The molecule has 2 rings (SSSR count). The summed E-state index contributed by atoms with van der Waals surface area (Å²) >= 11 is 0. The van der Waals surface area contributed by atoms with Crippen LogP contribution >= 0.6 is 0 Å². The first-order valence-corrected chi connectivity index (χ1v) is 12.1. The Hall–Kier alpha value is -2.88. The molecular formula is C23H31F5N4O6. The van der Waals surface area contributed by atoms with Crippen LogP contribution in [0.3, 0.4) is 0 Å². The van der Waals surface area contributed by atoms with Gasteiger partial charge in [-0.2, -0.15) is 8.78 Å². The van der Waals surface area contributed by atoms with Gasteiger partial charge in [0, 0.05) is 58.3 Å². The molecule has 0 aromatic heterocycles. The van der Waals surface area contributed by atoms with Gasteiger partial charge in [-0.15, -0.1) is 0 Å². The van der Waals surface area contributed by atoms with Gasteiger partial charge in [-0.25, -0.2) is 22.8 Å². The molecule has 214 valence electrons. The molecule has 0 spiro atoms. The summed E-state index contributed by atoms with van der Waals surface area (Å²) in [5, 5.41) is 29.2. The molecule has 10 nitrogen and oxygen atoms in total. The van der Waals surface area contributed by atoms with E-state index >= 15 is 0 Å². The number of aliphatic carboxylic acids is 2. The normalized spacial score (nSPS) is 18.5. The third-order valence-corrected chi connectivity index (χ3v) is 6.22. The van der Waals surface area contributed by atoms with E-state index < -0.39 is 70.6 Å². The quantitative estimate of drug-likeness (QED) is 0.0753. The summed E-state index contributed by atoms with van der Waals surface area (Å²) in [6.07, 6.45) is -0.793. The number of esters is 1. The third kappa shape index (κ3) is 6.95. The molecule has 0 aliphatic carbocycles. The maximum Gasteiger partial charge on any atom is 0.344 e. The Kier molecular flexibility index (Phi) is 11.8. The number of carbonyl (C=O) groups excluding carboxylic acids is 1. The van der Waals surface area contributed by atoms with Gasteiger partial charge in [-0.1, -0.05) is 13.3 Å². The van der Waals surface area contributed by atoms with Gasteiger partial charge >= 0.3 is 17.9 Å². The topological polar surface area (TPSA) is 140 Å². The van der Waals surface area contributed by atoms with Gasteiger partial charge in [0.15, 0.2) is 0 Å². The zero-order valence-electron chi connectivity index (χ0n) is 20.7. The van der Waals surface area contributed by atoms with Crippen LogP contribution in [-0.4, -0.2) is 90.9 Å². The zero-order chi connectivity index (χ0) is 28.5. The summed E-state index contributed by atoms with van der Waals surface area (Å²) < 4.78 is 74.5. The van der Waals surface area contributed by atoms with Crippen molar-refractivity contribution < 1.29 is 51.3 Å². The number of ether oxygens (including phenoxy) is 1. The van der Waals surface area contributed by atoms with Crippen LogP contribution in [0.15, 0.2) is 0 Å². The first-order valence-electron chi connectivity index (χ1n) is 12.1. The Balaban J connectivity index is 2.68. The Morgan fingerprint density at radius 2 is 1.29 bits per heavy atom. The van der Waals surface area contributed by atoms with E-state index in [9.17, 15) is 46.5 Å². The highest BCUT2D eigenvalue weighted by Crippen LogP contribution is 2.36. The summed E-state index contributed by atoms with van der Waals surface area (Å²) in [5.74, 6) is -20.9. The lowest BCUT2D eigenvalue weighted by Crippen LogP contribution is -2.68. The molecule has 2 unspecified atom stereocenters. The average Bonchev–Trinajstić information content (AvgIpc) is 2.85. The maximum atomic E-state index is 14.4. The van der Waals surface area contributed by atoms with Crippen LogP contribution in [0, 0.1) is 35.0 Å². The number of carbonyl (C=O) groups is 3. The summed E-state index contributed by atoms with van der Waals surface area (Å²) in [6.45, 7) is 3.63. The number of carboxylic acid groups (broad SMARTS) is 2. The van der Waals surface area contributed by atoms with Crippen molar-refractivity contribution >= 4 is 17.9 Å². The number of hydrogen-bond donors (Lipinski definition) is 5. The number of carboxylic acids is 2. The second kappa shape index (κ2) is 14.3. The highest BCUT2D eigenvalue weighted by atomic mass is 19.2. The Morgan fingerprint density at radius 1 is 0.842 bits per heavy atom. The minimum atomic E-state index is -2.85. The van der Waals surface area contributed by atoms with E-state index in [2.05, 4.69) is 20.7 Å². The van der Waals surface area contributed by atoms with Gasteiger partial charge < -0.3 is 30.9 Å². The Bertz CT molecular complexity index is 976. The number of rotatable bonds is 9. The summed E-state index contributed by atoms with van der Waals surface area (Å²) in [7, 11) is 0. The minimum absolute atomic E-state index is 0.123. The molecule has 0 radical (unpaired) electrons. The summed E-state index contributed by atoms with van der Waals surface area (Å²) in [4.78, 5) is 39.3. The van der Waals surface area contributed by atoms with Gasteiger partial charge in [0.2, 0.25) is 40.4 Å². The number of hydrogen-bond acceptors (Lipinski definition) is 8. The van der Waals surface area contributed by atoms with Crippen molar-refractivity contribution in [3.63, 3.8) is 0 Å². The molecule has 1 aliphatic heterocycles. The van der Waals surface area contributed by atoms with Gasteiger partial charge in [0.1, 0.15) is 0 Å². The van der Waals surface area contributed by atoms with Gasteiger partial charge in [-0.05, 0) is 6.42 Å².